The SMILES string of the molecule is COC(=O)C[C@@H]1c2cc(OC)c(OC)cc2CCN1S(=O)(=O)c1cccs1. The van der Waals surface area contributed by atoms with Crippen LogP contribution in [0.3, 0.4) is 0 Å². The van der Waals surface area contributed by atoms with Crippen LogP contribution in [0, 0.1) is 0 Å². The lowest BCUT2D eigenvalue weighted by atomic mass is 9.91. The van der Waals surface area contributed by atoms with Gasteiger partial charge < -0.3 is 14.2 Å². The van der Waals surface area contributed by atoms with Crippen molar-refractivity contribution in [2.75, 3.05) is 27.9 Å². The fourth-order valence-corrected chi connectivity index (χ4v) is 6.00. The van der Waals surface area contributed by atoms with Gasteiger partial charge in [-0.2, -0.15) is 4.31 Å². The summed E-state index contributed by atoms with van der Waals surface area (Å²) in [6.07, 6.45) is 0.432. The molecule has 2 heterocycles. The molecular formula is C18H21NO6S2. The van der Waals surface area contributed by atoms with Crippen LogP contribution in [0.4, 0.5) is 0 Å². The molecule has 0 saturated heterocycles. The highest BCUT2D eigenvalue weighted by Gasteiger charge is 2.39. The van der Waals surface area contributed by atoms with Crippen LogP contribution in [0.25, 0.3) is 0 Å². The smallest absolute Gasteiger partial charge is 0.307 e. The monoisotopic (exact) mass is 411 g/mol. The van der Waals surface area contributed by atoms with Gasteiger partial charge in [0, 0.05) is 6.54 Å². The fraction of sp³-hybridized carbons (Fsp3) is 0.389. The van der Waals surface area contributed by atoms with E-state index < -0.39 is 22.0 Å². The van der Waals surface area contributed by atoms with E-state index in [0.717, 1.165) is 22.5 Å². The fourth-order valence-electron chi connectivity index (χ4n) is 3.27. The van der Waals surface area contributed by atoms with Crippen molar-refractivity contribution >= 4 is 27.3 Å². The lowest BCUT2D eigenvalue weighted by molar-refractivity contribution is -0.141. The Balaban J connectivity index is 2.11. The predicted molar refractivity (Wildman–Crippen MR) is 101 cm³/mol. The summed E-state index contributed by atoms with van der Waals surface area (Å²) in [6.45, 7) is 0.268. The number of nitrogens with zero attached hydrogens (tertiary/aromatic N) is 1. The van der Waals surface area contributed by atoms with Gasteiger partial charge in [-0.1, -0.05) is 6.07 Å². The average molecular weight is 412 g/mol. The molecule has 0 fully saturated rings. The van der Waals surface area contributed by atoms with E-state index in [1.54, 1.807) is 30.7 Å². The summed E-state index contributed by atoms with van der Waals surface area (Å²) in [5, 5.41) is 1.72. The molecule has 1 atom stereocenters. The van der Waals surface area contributed by atoms with Crippen LogP contribution in [-0.4, -0.2) is 46.6 Å². The van der Waals surface area contributed by atoms with Crippen molar-refractivity contribution in [3.05, 3.63) is 40.8 Å². The molecule has 0 bridgehead atoms. The Morgan fingerprint density at radius 3 is 2.52 bits per heavy atom. The zero-order chi connectivity index (χ0) is 19.6. The Bertz CT molecular complexity index is 924. The maximum absolute atomic E-state index is 13.1. The number of sulfonamides is 1. The second-order valence-corrected chi connectivity index (χ2v) is 9.06. The van der Waals surface area contributed by atoms with E-state index in [4.69, 9.17) is 14.2 Å². The van der Waals surface area contributed by atoms with E-state index >= 15 is 0 Å². The standard InChI is InChI=1S/C18H21NO6S2/c1-23-15-9-12-6-7-19(27(21,22)18-5-4-8-26-18)14(11-17(20)25-3)13(12)10-16(15)24-2/h4-5,8-10,14H,6-7,11H2,1-3H3/t14-/m1/s1. The van der Waals surface area contributed by atoms with Crippen molar-refractivity contribution < 1.29 is 27.4 Å². The second kappa shape index (κ2) is 7.87. The molecule has 0 saturated carbocycles. The van der Waals surface area contributed by atoms with Gasteiger partial charge in [0.1, 0.15) is 4.21 Å². The Morgan fingerprint density at radius 1 is 1.22 bits per heavy atom. The quantitative estimate of drug-likeness (QED) is 0.680. The molecule has 0 amide bonds. The molecule has 1 aromatic carbocycles. The topological polar surface area (TPSA) is 82.1 Å². The number of methoxy groups -OCH3 is 3. The Hall–Kier alpha value is -2.10. The van der Waals surface area contributed by atoms with Gasteiger partial charge in [0.15, 0.2) is 11.5 Å². The molecule has 7 nitrogen and oxygen atoms in total. The third-order valence-electron chi connectivity index (χ3n) is 4.60. The van der Waals surface area contributed by atoms with E-state index in [9.17, 15) is 13.2 Å². The summed E-state index contributed by atoms with van der Waals surface area (Å²) in [4.78, 5) is 12.0. The predicted octanol–water partition coefficient (Wildman–Crippen LogP) is 2.62. The number of ether oxygens (including phenoxy) is 3. The van der Waals surface area contributed by atoms with E-state index in [-0.39, 0.29) is 17.2 Å². The lowest BCUT2D eigenvalue weighted by Gasteiger charge is -2.36. The molecule has 0 spiro atoms. The van der Waals surface area contributed by atoms with Gasteiger partial charge in [0.05, 0.1) is 33.8 Å². The zero-order valence-electron chi connectivity index (χ0n) is 15.3. The number of carbonyl (C=O) groups is 1. The van der Waals surface area contributed by atoms with Gasteiger partial charge >= 0.3 is 5.97 Å². The number of fused-ring (bicyclic) bond motifs is 1. The van der Waals surface area contributed by atoms with Gasteiger partial charge in [-0.15, -0.1) is 11.3 Å². The third kappa shape index (κ3) is 3.67. The van der Waals surface area contributed by atoms with Crippen molar-refractivity contribution in [2.24, 2.45) is 0 Å². The van der Waals surface area contributed by atoms with Crippen molar-refractivity contribution in [3.8, 4) is 11.5 Å². The second-order valence-electron chi connectivity index (χ2n) is 6.00. The van der Waals surface area contributed by atoms with Gasteiger partial charge in [-0.3, -0.25) is 4.79 Å². The summed E-state index contributed by atoms with van der Waals surface area (Å²) in [7, 11) is 0.627. The molecule has 2 aromatic rings. The lowest BCUT2D eigenvalue weighted by Crippen LogP contribution is -2.40. The zero-order valence-corrected chi connectivity index (χ0v) is 16.9. The summed E-state index contributed by atoms with van der Waals surface area (Å²) >= 11 is 1.15. The number of rotatable bonds is 6. The molecule has 0 radical (unpaired) electrons. The molecule has 1 aromatic heterocycles. The minimum absolute atomic E-state index is 0.0798. The van der Waals surface area contributed by atoms with Crippen molar-refractivity contribution in [1.29, 1.82) is 0 Å². The molecule has 3 rings (SSSR count). The first-order chi connectivity index (χ1) is 12.9. The Morgan fingerprint density at radius 2 is 1.93 bits per heavy atom. The molecule has 27 heavy (non-hydrogen) atoms. The molecular weight excluding hydrogens is 390 g/mol. The first-order valence-electron chi connectivity index (χ1n) is 8.29. The maximum Gasteiger partial charge on any atom is 0.307 e. The summed E-state index contributed by atoms with van der Waals surface area (Å²) in [6, 6.07) is 6.18. The van der Waals surface area contributed by atoms with Gasteiger partial charge in [-0.05, 0) is 41.1 Å². The number of hydrogen-bond donors (Lipinski definition) is 0. The van der Waals surface area contributed by atoms with Crippen LogP contribution in [0.1, 0.15) is 23.6 Å². The summed E-state index contributed by atoms with van der Waals surface area (Å²) in [5.74, 6) is 0.582. The third-order valence-corrected chi connectivity index (χ3v) is 7.88. The summed E-state index contributed by atoms with van der Waals surface area (Å²) in [5.41, 5.74) is 1.66. The van der Waals surface area contributed by atoms with Gasteiger partial charge in [0.25, 0.3) is 10.0 Å². The molecule has 146 valence electrons. The number of thiophene rings is 1. The normalized spacial score (nSPS) is 17.2. The van der Waals surface area contributed by atoms with Crippen LogP contribution in [0.5, 0.6) is 11.5 Å². The van der Waals surface area contributed by atoms with Crippen molar-refractivity contribution in [2.45, 2.75) is 23.1 Å². The molecule has 0 unspecified atom stereocenters. The number of benzene rings is 1. The highest BCUT2D eigenvalue weighted by Crippen LogP contribution is 2.42. The summed E-state index contributed by atoms with van der Waals surface area (Å²) < 4.78 is 43.4. The number of esters is 1. The van der Waals surface area contributed by atoms with Crippen LogP contribution in [0.15, 0.2) is 33.9 Å². The van der Waals surface area contributed by atoms with E-state index in [0.29, 0.717) is 17.9 Å². The maximum atomic E-state index is 13.1. The van der Waals surface area contributed by atoms with E-state index in [2.05, 4.69) is 0 Å². The molecule has 1 aliphatic heterocycles. The first kappa shape index (κ1) is 19.7. The highest BCUT2D eigenvalue weighted by molar-refractivity contribution is 7.91. The van der Waals surface area contributed by atoms with Crippen LogP contribution in [0.2, 0.25) is 0 Å². The molecule has 0 aliphatic carbocycles. The number of hydrogen-bond acceptors (Lipinski definition) is 7. The molecule has 0 N–H and O–H groups in total. The molecule has 9 heteroatoms. The van der Waals surface area contributed by atoms with Crippen molar-refractivity contribution in [3.63, 3.8) is 0 Å². The minimum Gasteiger partial charge on any atom is -0.493 e. The number of carbonyl (C=O) groups excluding carboxylic acids is 1. The van der Waals surface area contributed by atoms with Gasteiger partial charge in [0.2, 0.25) is 0 Å². The van der Waals surface area contributed by atoms with Crippen LogP contribution < -0.4 is 9.47 Å². The van der Waals surface area contributed by atoms with Crippen LogP contribution >= 0.6 is 11.3 Å². The Labute approximate surface area is 162 Å². The average Bonchev–Trinajstić information content (AvgIpc) is 3.22. The van der Waals surface area contributed by atoms with Gasteiger partial charge in [-0.25, -0.2) is 8.42 Å². The van der Waals surface area contributed by atoms with Crippen LogP contribution in [-0.2, 0) is 26.0 Å². The van der Waals surface area contributed by atoms with E-state index in [1.807, 2.05) is 6.07 Å². The minimum atomic E-state index is -3.73. The highest BCUT2D eigenvalue weighted by atomic mass is 32.2. The largest absolute Gasteiger partial charge is 0.493 e. The van der Waals surface area contributed by atoms with Crippen molar-refractivity contribution in [1.82, 2.24) is 4.31 Å². The molecule has 1 aliphatic rings. The first-order valence-corrected chi connectivity index (χ1v) is 10.6. The van der Waals surface area contributed by atoms with E-state index in [1.165, 1.54) is 18.5 Å². The Kier molecular flexibility index (Phi) is 5.73.